The maximum atomic E-state index is 12.7. The van der Waals surface area contributed by atoms with Gasteiger partial charge in [0.2, 0.25) is 16.0 Å². The van der Waals surface area contributed by atoms with Gasteiger partial charge in [0, 0.05) is 12.6 Å². The summed E-state index contributed by atoms with van der Waals surface area (Å²) in [5.41, 5.74) is 5.42. The van der Waals surface area contributed by atoms with Gasteiger partial charge in [-0.2, -0.15) is 4.31 Å². The van der Waals surface area contributed by atoms with E-state index in [1.807, 2.05) is 0 Å². The van der Waals surface area contributed by atoms with Crippen LogP contribution in [0.25, 0.3) is 0 Å². The number of hydrogen-bond acceptors (Lipinski definition) is 5. The van der Waals surface area contributed by atoms with E-state index in [4.69, 9.17) is 5.73 Å². The Hall–Kier alpha value is -1.21. The first-order valence-electron chi connectivity index (χ1n) is 7.18. The van der Waals surface area contributed by atoms with Crippen molar-refractivity contribution in [3.63, 3.8) is 0 Å². The highest BCUT2D eigenvalue weighted by Gasteiger charge is 2.40. The molecule has 2 heterocycles. The fraction of sp³-hybridized carbons (Fsp3) is 0.692. The van der Waals surface area contributed by atoms with E-state index in [-0.39, 0.29) is 16.9 Å². The van der Waals surface area contributed by atoms with E-state index < -0.39 is 10.0 Å². The van der Waals surface area contributed by atoms with Crippen LogP contribution in [0.4, 0.5) is 5.95 Å². The molecule has 2 fully saturated rings. The van der Waals surface area contributed by atoms with Crippen molar-refractivity contribution in [2.45, 2.75) is 49.5 Å². The maximum Gasteiger partial charge on any atom is 0.246 e. The summed E-state index contributed by atoms with van der Waals surface area (Å²) in [5, 5.41) is 0. The fourth-order valence-corrected chi connectivity index (χ4v) is 5.12. The van der Waals surface area contributed by atoms with Crippen LogP contribution < -0.4 is 5.73 Å². The molecule has 1 saturated carbocycles. The van der Waals surface area contributed by atoms with Gasteiger partial charge in [-0.1, -0.05) is 12.8 Å². The van der Waals surface area contributed by atoms with Crippen LogP contribution in [0.1, 0.15) is 38.5 Å². The summed E-state index contributed by atoms with van der Waals surface area (Å²) in [6, 6.07) is 0.153. The molecular formula is C13H20N4O2S. The molecule has 3 rings (SSSR count). The molecule has 1 aromatic rings. The van der Waals surface area contributed by atoms with Crippen LogP contribution in [0.15, 0.2) is 17.3 Å². The third kappa shape index (κ3) is 2.40. The Morgan fingerprint density at radius 3 is 2.40 bits per heavy atom. The van der Waals surface area contributed by atoms with E-state index in [0.29, 0.717) is 12.5 Å². The number of nitrogens with zero attached hydrogens (tertiary/aromatic N) is 3. The zero-order chi connectivity index (χ0) is 14.2. The SMILES string of the molecule is Nc1ncc(S(=O)(=O)N2CCCC2C2CCCC2)cn1. The van der Waals surface area contributed by atoms with E-state index in [1.54, 1.807) is 4.31 Å². The predicted octanol–water partition coefficient (Wildman–Crippen LogP) is 1.40. The molecule has 2 aliphatic rings. The summed E-state index contributed by atoms with van der Waals surface area (Å²) in [6.07, 6.45) is 9.27. The van der Waals surface area contributed by atoms with E-state index in [9.17, 15) is 8.42 Å². The number of anilines is 1. The number of nitrogens with two attached hydrogens (primary N) is 1. The molecule has 1 unspecified atom stereocenters. The van der Waals surface area contributed by atoms with Gasteiger partial charge in [-0.05, 0) is 31.6 Å². The lowest BCUT2D eigenvalue weighted by Crippen LogP contribution is -2.39. The van der Waals surface area contributed by atoms with Gasteiger partial charge in [-0.25, -0.2) is 18.4 Å². The average molecular weight is 296 g/mol. The molecule has 0 radical (unpaired) electrons. The Morgan fingerprint density at radius 1 is 1.10 bits per heavy atom. The summed E-state index contributed by atoms with van der Waals surface area (Å²) in [4.78, 5) is 7.75. The quantitative estimate of drug-likeness (QED) is 0.910. The molecule has 0 spiro atoms. The Bertz CT molecular complexity index is 567. The normalized spacial score (nSPS) is 25.3. The molecule has 6 nitrogen and oxygen atoms in total. The Morgan fingerprint density at radius 2 is 1.75 bits per heavy atom. The molecule has 0 aromatic carbocycles. The molecule has 1 aromatic heterocycles. The summed E-state index contributed by atoms with van der Waals surface area (Å²) in [7, 11) is -3.49. The van der Waals surface area contributed by atoms with E-state index in [1.165, 1.54) is 25.2 Å². The minimum absolute atomic E-state index is 0.0951. The van der Waals surface area contributed by atoms with Gasteiger partial charge in [-0.3, -0.25) is 0 Å². The molecule has 1 atom stereocenters. The van der Waals surface area contributed by atoms with Crippen molar-refractivity contribution in [2.24, 2.45) is 5.92 Å². The summed E-state index contributed by atoms with van der Waals surface area (Å²) in [5.74, 6) is 0.611. The molecule has 1 saturated heterocycles. The second-order valence-corrected chi connectivity index (χ2v) is 7.54. The molecule has 1 aliphatic carbocycles. The fourth-order valence-electron chi connectivity index (χ4n) is 3.47. The van der Waals surface area contributed by atoms with Gasteiger partial charge >= 0.3 is 0 Å². The summed E-state index contributed by atoms with van der Waals surface area (Å²) >= 11 is 0. The minimum Gasteiger partial charge on any atom is -0.368 e. The first-order valence-corrected chi connectivity index (χ1v) is 8.62. The van der Waals surface area contributed by atoms with E-state index in [2.05, 4.69) is 9.97 Å². The molecular weight excluding hydrogens is 276 g/mol. The lowest BCUT2D eigenvalue weighted by atomic mass is 9.97. The van der Waals surface area contributed by atoms with Gasteiger partial charge in [0.05, 0.1) is 12.4 Å². The highest BCUT2D eigenvalue weighted by atomic mass is 32.2. The smallest absolute Gasteiger partial charge is 0.246 e. The molecule has 20 heavy (non-hydrogen) atoms. The van der Waals surface area contributed by atoms with Crippen LogP contribution in [0.3, 0.4) is 0 Å². The second-order valence-electron chi connectivity index (χ2n) is 5.65. The molecule has 0 amide bonds. The van der Waals surface area contributed by atoms with Gasteiger partial charge in [0.25, 0.3) is 0 Å². The van der Waals surface area contributed by atoms with Crippen molar-refractivity contribution in [2.75, 3.05) is 12.3 Å². The first kappa shape index (κ1) is 13.8. The van der Waals surface area contributed by atoms with E-state index in [0.717, 1.165) is 25.7 Å². The maximum absolute atomic E-state index is 12.7. The van der Waals surface area contributed by atoms with Crippen LogP contribution in [0, 0.1) is 5.92 Å². The Labute approximate surface area is 119 Å². The van der Waals surface area contributed by atoms with Crippen molar-refractivity contribution in [3.05, 3.63) is 12.4 Å². The number of nitrogen functional groups attached to an aromatic ring is 1. The van der Waals surface area contributed by atoms with Crippen LogP contribution in [0.2, 0.25) is 0 Å². The van der Waals surface area contributed by atoms with Gasteiger partial charge in [-0.15, -0.1) is 0 Å². The van der Waals surface area contributed by atoms with Crippen molar-refractivity contribution in [1.29, 1.82) is 0 Å². The predicted molar refractivity (Wildman–Crippen MR) is 75.3 cm³/mol. The van der Waals surface area contributed by atoms with Crippen molar-refractivity contribution >= 4 is 16.0 Å². The van der Waals surface area contributed by atoms with Crippen molar-refractivity contribution < 1.29 is 8.42 Å². The highest BCUT2D eigenvalue weighted by Crippen LogP contribution is 2.37. The lowest BCUT2D eigenvalue weighted by Gasteiger charge is -2.28. The lowest BCUT2D eigenvalue weighted by molar-refractivity contribution is 0.288. The molecule has 0 bridgehead atoms. The van der Waals surface area contributed by atoms with Crippen LogP contribution >= 0.6 is 0 Å². The molecule has 110 valence electrons. The third-order valence-corrected chi connectivity index (χ3v) is 6.32. The topological polar surface area (TPSA) is 89.2 Å². The zero-order valence-electron chi connectivity index (χ0n) is 11.4. The first-order chi connectivity index (χ1) is 9.59. The number of rotatable bonds is 3. The molecule has 7 heteroatoms. The second kappa shape index (κ2) is 5.29. The third-order valence-electron chi connectivity index (χ3n) is 4.45. The largest absolute Gasteiger partial charge is 0.368 e. The number of aromatic nitrogens is 2. The number of sulfonamides is 1. The van der Waals surface area contributed by atoms with Crippen LogP contribution in [-0.2, 0) is 10.0 Å². The number of hydrogen-bond donors (Lipinski definition) is 1. The highest BCUT2D eigenvalue weighted by molar-refractivity contribution is 7.89. The van der Waals surface area contributed by atoms with Crippen molar-refractivity contribution in [1.82, 2.24) is 14.3 Å². The van der Waals surface area contributed by atoms with Gasteiger partial charge in [0.1, 0.15) is 4.90 Å². The molecule has 1 aliphatic heterocycles. The van der Waals surface area contributed by atoms with Crippen LogP contribution in [0.5, 0.6) is 0 Å². The average Bonchev–Trinajstić information content (AvgIpc) is 3.10. The van der Waals surface area contributed by atoms with Crippen LogP contribution in [-0.4, -0.2) is 35.3 Å². The molecule has 2 N–H and O–H groups in total. The standard InChI is InChI=1S/C13H20N4O2S/c14-13-15-8-11(9-16-13)20(18,19)17-7-3-6-12(17)10-4-1-2-5-10/h8-10,12H,1-7H2,(H2,14,15,16). The van der Waals surface area contributed by atoms with Gasteiger partial charge in [0.15, 0.2) is 0 Å². The summed E-state index contributed by atoms with van der Waals surface area (Å²) in [6.45, 7) is 0.605. The van der Waals surface area contributed by atoms with Crippen molar-refractivity contribution in [3.8, 4) is 0 Å². The Kier molecular flexibility index (Phi) is 3.64. The van der Waals surface area contributed by atoms with E-state index >= 15 is 0 Å². The van der Waals surface area contributed by atoms with Gasteiger partial charge < -0.3 is 5.73 Å². The summed E-state index contributed by atoms with van der Waals surface area (Å²) < 4.78 is 27.1. The minimum atomic E-state index is -3.49. The Balaban J connectivity index is 1.87. The monoisotopic (exact) mass is 296 g/mol. The zero-order valence-corrected chi connectivity index (χ0v) is 12.2.